The van der Waals surface area contributed by atoms with Gasteiger partial charge in [0, 0.05) is 6.42 Å². The fourth-order valence-electron chi connectivity index (χ4n) is 1.38. The molecule has 103 valence electrons. The number of carbonyl (C=O) groups excluding carboxylic acids is 2. The molecule has 0 amide bonds. The Hall–Kier alpha value is -2.04. The number of unbranched alkanes of at least 4 members (excludes halogenated alkanes) is 1. The van der Waals surface area contributed by atoms with Crippen molar-refractivity contribution in [1.82, 2.24) is 0 Å². The fourth-order valence-corrected chi connectivity index (χ4v) is 1.38. The molecule has 0 atom stereocenters. The molecule has 1 aromatic rings. The number of carbonyl (C=O) groups is 2. The van der Waals surface area contributed by atoms with Crippen LogP contribution in [-0.2, 0) is 9.53 Å². The number of benzene rings is 1. The number of hydrogen-bond acceptors (Lipinski definition) is 5. The van der Waals surface area contributed by atoms with Crippen molar-refractivity contribution in [3.63, 3.8) is 0 Å². The molecule has 0 fully saturated rings. The van der Waals surface area contributed by atoms with E-state index in [0.29, 0.717) is 12.8 Å². The summed E-state index contributed by atoms with van der Waals surface area (Å²) in [7, 11) is 0. The summed E-state index contributed by atoms with van der Waals surface area (Å²) in [6, 6.07) is 3.98. The van der Waals surface area contributed by atoms with Gasteiger partial charge in [0.1, 0.15) is 0 Å². The van der Waals surface area contributed by atoms with E-state index in [1.807, 2.05) is 0 Å². The lowest BCUT2D eigenvalue weighted by molar-refractivity contribution is -0.134. The van der Waals surface area contributed by atoms with Crippen molar-refractivity contribution < 1.29 is 24.2 Å². The van der Waals surface area contributed by atoms with E-state index in [2.05, 4.69) is 6.92 Å². The van der Waals surface area contributed by atoms with Gasteiger partial charge in [-0.05, 0) is 31.5 Å². The number of hydrogen-bond donors (Lipinski definition) is 1. The Kier molecular flexibility index (Phi) is 5.85. The second kappa shape index (κ2) is 7.41. The molecule has 1 radical (unpaired) electrons. The molecular weight excluding hydrogens is 248 g/mol. The minimum Gasteiger partial charge on any atom is -0.504 e. The third-order valence-electron chi connectivity index (χ3n) is 2.33. The highest BCUT2D eigenvalue weighted by atomic mass is 16.5. The highest BCUT2D eigenvalue weighted by Crippen LogP contribution is 2.27. The van der Waals surface area contributed by atoms with Gasteiger partial charge in [0.05, 0.1) is 12.2 Å². The van der Waals surface area contributed by atoms with E-state index in [0.717, 1.165) is 0 Å². The monoisotopic (exact) mass is 265 g/mol. The highest BCUT2D eigenvalue weighted by Gasteiger charge is 2.13. The van der Waals surface area contributed by atoms with Crippen molar-refractivity contribution in [3.05, 3.63) is 30.7 Å². The molecule has 19 heavy (non-hydrogen) atoms. The number of aromatic hydroxyl groups is 1. The molecule has 0 aliphatic rings. The van der Waals surface area contributed by atoms with Crippen molar-refractivity contribution in [2.24, 2.45) is 0 Å². The molecule has 0 aliphatic carbocycles. The minimum absolute atomic E-state index is 0.0420. The number of rotatable bonds is 6. The van der Waals surface area contributed by atoms with Crippen LogP contribution < -0.4 is 4.74 Å². The zero-order valence-corrected chi connectivity index (χ0v) is 10.8. The first-order valence-corrected chi connectivity index (χ1v) is 6.08. The maximum absolute atomic E-state index is 11.5. The SMILES string of the molecule is [CH2]CCCC(=O)Oc1cc(C(=O)OCC)ccc1O. The van der Waals surface area contributed by atoms with Crippen LogP contribution in [0.15, 0.2) is 18.2 Å². The Morgan fingerprint density at radius 2 is 2.11 bits per heavy atom. The average Bonchev–Trinajstić information content (AvgIpc) is 2.39. The molecule has 0 saturated carbocycles. The minimum atomic E-state index is -0.530. The Balaban J connectivity index is 2.79. The lowest BCUT2D eigenvalue weighted by Crippen LogP contribution is -2.09. The molecule has 0 aromatic heterocycles. The summed E-state index contributed by atoms with van der Waals surface area (Å²) in [5, 5.41) is 9.58. The number of phenolic OH excluding ortho intramolecular Hbond substituents is 1. The van der Waals surface area contributed by atoms with Crippen molar-refractivity contribution in [2.45, 2.75) is 26.2 Å². The van der Waals surface area contributed by atoms with Crippen LogP contribution in [0.1, 0.15) is 36.5 Å². The van der Waals surface area contributed by atoms with E-state index in [1.165, 1.54) is 18.2 Å². The van der Waals surface area contributed by atoms with Gasteiger partial charge in [0.2, 0.25) is 0 Å². The van der Waals surface area contributed by atoms with E-state index in [-0.39, 0.29) is 30.1 Å². The molecule has 0 aliphatic heterocycles. The molecule has 1 rings (SSSR count). The molecule has 0 unspecified atom stereocenters. The average molecular weight is 265 g/mol. The zero-order valence-electron chi connectivity index (χ0n) is 10.8. The predicted molar refractivity (Wildman–Crippen MR) is 68.9 cm³/mol. The zero-order chi connectivity index (χ0) is 14.3. The predicted octanol–water partition coefficient (Wildman–Crippen LogP) is 2.48. The van der Waals surface area contributed by atoms with Crippen molar-refractivity contribution in [1.29, 1.82) is 0 Å². The van der Waals surface area contributed by atoms with Gasteiger partial charge in [-0.15, -0.1) is 0 Å². The standard InChI is InChI=1S/C14H17O5/c1-3-5-6-13(16)19-12-9-10(7-8-11(12)15)14(17)18-4-2/h7-9,15H,1,3-6H2,2H3. The van der Waals surface area contributed by atoms with E-state index >= 15 is 0 Å². The summed E-state index contributed by atoms with van der Waals surface area (Å²) in [6.45, 7) is 5.56. The molecular formula is C14H17O5. The number of esters is 2. The summed E-state index contributed by atoms with van der Waals surface area (Å²) in [5.74, 6) is -1.24. The van der Waals surface area contributed by atoms with Gasteiger partial charge in [-0.3, -0.25) is 4.79 Å². The summed E-state index contributed by atoms with van der Waals surface area (Å²) in [5.41, 5.74) is 0.222. The van der Waals surface area contributed by atoms with Gasteiger partial charge in [-0.25, -0.2) is 4.79 Å². The van der Waals surface area contributed by atoms with Crippen LogP contribution in [0.25, 0.3) is 0 Å². The van der Waals surface area contributed by atoms with Crippen LogP contribution in [0.3, 0.4) is 0 Å². The number of phenols is 1. The summed E-state index contributed by atoms with van der Waals surface area (Å²) < 4.78 is 9.82. The second-order valence-electron chi connectivity index (χ2n) is 3.83. The van der Waals surface area contributed by atoms with Crippen LogP contribution in [0.2, 0.25) is 0 Å². The normalized spacial score (nSPS) is 10.0. The third kappa shape index (κ3) is 4.62. The molecule has 1 N–H and O–H groups in total. The Morgan fingerprint density at radius 3 is 2.74 bits per heavy atom. The molecule has 0 saturated heterocycles. The Morgan fingerprint density at radius 1 is 1.37 bits per heavy atom. The van der Waals surface area contributed by atoms with Crippen LogP contribution in [0.4, 0.5) is 0 Å². The van der Waals surface area contributed by atoms with E-state index in [4.69, 9.17) is 9.47 Å². The first-order valence-electron chi connectivity index (χ1n) is 6.08. The molecule has 0 spiro atoms. The van der Waals surface area contributed by atoms with Gasteiger partial charge in [-0.2, -0.15) is 0 Å². The van der Waals surface area contributed by atoms with Crippen LogP contribution in [0.5, 0.6) is 11.5 Å². The Labute approximate surface area is 112 Å². The van der Waals surface area contributed by atoms with Gasteiger partial charge in [-0.1, -0.05) is 13.3 Å². The first-order chi connectivity index (χ1) is 9.08. The molecule has 5 nitrogen and oxygen atoms in total. The highest BCUT2D eigenvalue weighted by molar-refractivity contribution is 5.90. The lowest BCUT2D eigenvalue weighted by atomic mass is 10.2. The van der Waals surface area contributed by atoms with Crippen molar-refractivity contribution in [3.8, 4) is 11.5 Å². The molecule has 5 heteroatoms. The molecule has 0 bridgehead atoms. The van der Waals surface area contributed by atoms with Crippen molar-refractivity contribution >= 4 is 11.9 Å². The van der Waals surface area contributed by atoms with E-state index < -0.39 is 11.9 Å². The third-order valence-corrected chi connectivity index (χ3v) is 2.33. The summed E-state index contributed by atoms with van der Waals surface area (Å²) in [4.78, 5) is 23.0. The van der Waals surface area contributed by atoms with Crippen LogP contribution in [0, 0.1) is 6.92 Å². The van der Waals surface area contributed by atoms with E-state index in [1.54, 1.807) is 6.92 Å². The lowest BCUT2D eigenvalue weighted by Gasteiger charge is -2.08. The van der Waals surface area contributed by atoms with Crippen LogP contribution in [-0.4, -0.2) is 23.7 Å². The fraction of sp³-hybridized carbons (Fsp3) is 0.357. The maximum Gasteiger partial charge on any atom is 0.338 e. The second-order valence-corrected chi connectivity index (χ2v) is 3.83. The summed E-state index contributed by atoms with van der Waals surface area (Å²) in [6.07, 6.45) is 1.45. The smallest absolute Gasteiger partial charge is 0.338 e. The first kappa shape index (κ1) is 15.0. The van der Waals surface area contributed by atoms with Crippen molar-refractivity contribution in [2.75, 3.05) is 6.61 Å². The maximum atomic E-state index is 11.5. The topological polar surface area (TPSA) is 72.8 Å². The largest absolute Gasteiger partial charge is 0.504 e. The van der Waals surface area contributed by atoms with Crippen LogP contribution >= 0.6 is 0 Å². The molecule has 0 heterocycles. The Bertz CT molecular complexity index is 453. The quantitative estimate of drug-likeness (QED) is 0.632. The van der Waals surface area contributed by atoms with Gasteiger partial charge in [0.15, 0.2) is 11.5 Å². The number of ether oxygens (including phenoxy) is 2. The van der Waals surface area contributed by atoms with Gasteiger partial charge < -0.3 is 14.6 Å². The van der Waals surface area contributed by atoms with Gasteiger partial charge >= 0.3 is 11.9 Å². The van der Waals surface area contributed by atoms with Gasteiger partial charge in [0.25, 0.3) is 0 Å². The molecule has 1 aromatic carbocycles. The van der Waals surface area contributed by atoms with E-state index in [9.17, 15) is 14.7 Å². The summed E-state index contributed by atoms with van der Waals surface area (Å²) >= 11 is 0.